The summed E-state index contributed by atoms with van der Waals surface area (Å²) >= 11 is 0. The molecular formula is C16H16N2O3. The van der Waals surface area contributed by atoms with Crippen LogP contribution in [0.1, 0.15) is 22.8 Å². The fraction of sp³-hybridized carbons (Fsp3) is 0.188. The van der Waals surface area contributed by atoms with Gasteiger partial charge in [-0.05, 0) is 37.6 Å². The van der Waals surface area contributed by atoms with Gasteiger partial charge in [-0.3, -0.25) is 14.9 Å². The standard InChI is InChI=1S/C16H16N2O3/c1-3-17(14-7-5-4-6-12(14)2)15-9-8-13(11-19)10-16(15)18(20)21/h4-11H,3H2,1-2H3. The zero-order valence-electron chi connectivity index (χ0n) is 11.9. The van der Waals surface area contributed by atoms with E-state index < -0.39 is 4.92 Å². The number of carbonyl (C=O) groups excluding carboxylic acids is 1. The highest BCUT2D eigenvalue weighted by atomic mass is 16.6. The number of carbonyl (C=O) groups is 1. The zero-order chi connectivity index (χ0) is 15.4. The summed E-state index contributed by atoms with van der Waals surface area (Å²) in [5.74, 6) is 0. The van der Waals surface area contributed by atoms with Crippen LogP contribution in [0, 0.1) is 17.0 Å². The topological polar surface area (TPSA) is 63.5 Å². The molecule has 2 aromatic carbocycles. The Labute approximate surface area is 123 Å². The number of rotatable bonds is 5. The van der Waals surface area contributed by atoms with Crippen molar-refractivity contribution in [1.82, 2.24) is 0 Å². The first kappa shape index (κ1) is 14.7. The molecule has 0 aliphatic heterocycles. The molecule has 0 spiro atoms. The van der Waals surface area contributed by atoms with Crippen molar-refractivity contribution >= 4 is 23.3 Å². The van der Waals surface area contributed by atoms with Gasteiger partial charge >= 0.3 is 0 Å². The molecule has 0 heterocycles. The fourth-order valence-electron chi connectivity index (χ4n) is 2.32. The molecule has 0 atom stereocenters. The van der Waals surface area contributed by atoms with Crippen LogP contribution in [0.15, 0.2) is 42.5 Å². The van der Waals surface area contributed by atoms with Gasteiger partial charge in [-0.2, -0.15) is 0 Å². The second kappa shape index (κ2) is 6.17. The average Bonchev–Trinajstić information content (AvgIpc) is 2.50. The monoisotopic (exact) mass is 284 g/mol. The van der Waals surface area contributed by atoms with Crippen molar-refractivity contribution in [2.45, 2.75) is 13.8 Å². The van der Waals surface area contributed by atoms with Crippen molar-refractivity contribution in [2.75, 3.05) is 11.4 Å². The molecule has 0 saturated heterocycles. The predicted octanol–water partition coefficient (Wildman–Crippen LogP) is 3.87. The Bertz CT molecular complexity index is 683. The van der Waals surface area contributed by atoms with Gasteiger partial charge in [0.2, 0.25) is 0 Å². The van der Waals surface area contributed by atoms with Crippen LogP contribution in [-0.4, -0.2) is 17.8 Å². The molecule has 21 heavy (non-hydrogen) atoms. The smallest absolute Gasteiger partial charge is 0.293 e. The molecule has 5 nitrogen and oxygen atoms in total. The van der Waals surface area contributed by atoms with E-state index >= 15 is 0 Å². The van der Waals surface area contributed by atoms with Crippen LogP contribution in [0.25, 0.3) is 0 Å². The van der Waals surface area contributed by atoms with Crippen molar-refractivity contribution < 1.29 is 9.72 Å². The molecule has 0 bridgehead atoms. The third-order valence-electron chi connectivity index (χ3n) is 3.35. The second-order valence-electron chi connectivity index (χ2n) is 4.65. The Kier molecular flexibility index (Phi) is 4.33. The van der Waals surface area contributed by atoms with Crippen molar-refractivity contribution in [3.05, 3.63) is 63.7 Å². The van der Waals surface area contributed by atoms with Crippen LogP contribution < -0.4 is 4.90 Å². The summed E-state index contributed by atoms with van der Waals surface area (Å²) in [4.78, 5) is 23.5. The van der Waals surface area contributed by atoms with E-state index in [4.69, 9.17) is 0 Å². The van der Waals surface area contributed by atoms with Gasteiger partial charge < -0.3 is 4.90 Å². The van der Waals surface area contributed by atoms with E-state index in [-0.39, 0.29) is 5.69 Å². The molecule has 5 heteroatoms. The molecule has 2 aromatic rings. The van der Waals surface area contributed by atoms with Crippen molar-refractivity contribution in [3.8, 4) is 0 Å². The highest BCUT2D eigenvalue weighted by Crippen LogP contribution is 2.35. The number of anilines is 2. The number of nitro benzene ring substituents is 1. The number of aryl methyl sites for hydroxylation is 1. The Morgan fingerprint density at radius 2 is 1.90 bits per heavy atom. The van der Waals surface area contributed by atoms with Crippen LogP contribution in [0.3, 0.4) is 0 Å². The van der Waals surface area contributed by atoms with Gasteiger partial charge in [-0.25, -0.2) is 0 Å². The Morgan fingerprint density at radius 1 is 1.19 bits per heavy atom. The third-order valence-corrected chi connectivity index (χ3v) is 3.35. The molecule has 0 fully saturated rings. The fourth-order valence-corrected chi connectivity index (χ4v) is 2.32. The summed E-state index contributed by atoms with van der Waals surface area (Å²) in [5.41, 5.74) is 2.67. The van der Waals surface area contributed by atoms with E-state index in [0.717, 1.165) is 11.3 Å². The molecule has 0 aliphatic carbocycles. The highest BCUT2D eigenvalue weighted by molar-refractivity contribution is 5.82. The maximum absolute atomic E-state index is 11.3. The first-order valence-electron chi connectivity index (χ1n) is 6.65. The van der Waals surface area contributed by atoms with Crippen molar-refractivity contribution in [3.63, 3.8) is 0 Å². The van der Waals surface area contributed by atoms with Crippen molar-refractivity contribution in [1.29, 1.82) is 0 Å². The molecule has 0 aromatic heterocycles. The van der Waals surface area contributed by atoms with E-state index in [1.54, 1.807) is 12.1 Å². The van der Waals surface area contributed by atoms with Crippen LogP contribution in [0.2, 0.25) is 0 Å². The second-order valence-corrected chi connectivity index (χ2v) is 4.65. The van der Waals surface area contributed by atoms with Crippen molar-refractivity contribution in [2.24, 2.45) is 0 Å². The molecule has 0 saturated carbocycles. The molecule has 0 N–H and O–H groups in total. The van der Waals surface area contributed by atoms with E-state index in [2.05, 4.69) is 0 Å². The summed E-state index contributed by atoms with van der Waals surface area (Å²) < 4.78 is 0. The first-order chi connectivity index (χ1) is 10.1. The van der Waals surface area contributed by atoms with E-state index in [0.29, 0.717) is 24.1 Å². The number of nitrogens with zero attached hydrogens (tertiary/aromatic N) is 2. The van der Waals surface area contributed by atoms with Crippen LogP contribution in [0.4, 0.5) is 17.1 Å². The molecule has 2 rings (SSSR count). The maximum atomic E-state index is 11.3. The summed E-state index contributed by atoms with van der Waals surface area (Å²) in [7, 11) is 0. The summed E-state index contributed by atoms with van der Waals surface area (Å²) in [6.45, 7) is 4.49. The van der Waals surface area contributed by atoms with Gasteiger partial charge in [-0.1, -0.05) is 18.2 Å². The van der Waals surface area contributed by atoms with E-state index in [1.807, 2.05) is 43.0 Å². The number of hydrogen-bond acceptors (Lipinski definition) is 4. The Hall–Kier alpha value is -2.69. The lowest BCUT2D eigenvalue weighted by Gasteiger charge is -2.24. The molecule has 0 unspecified atom stereocenters. The summed E-state index contributed by atoms with van der Waals surface area (Å²) in [6.07, 6.45) is 0.612. The Morgan fingerprint density at radius 3 is 2.48 bits per heavy atom. The van der Waals surface area contributed by atoms with Gasteiger partial charge in [0.05, 0.1) is 4.92 Å². The lowest BCUT2D eigenvalue weighted by molar-refractivity contribution is -0.384. The molecule has 108 valence electrons. The maximum Gasteiger partial charge on any atom is 0.293 e. The number of benzene rings is 2. The number of aldehydes is 1. The Balaban J connectivity index is 2.60. The van der Waals surface area contributed by atoms with Crippen LogP contribution >= 0.6 is 0 Å². The van der Waals surface area contributed by atoms with Crippen LogP contribution in [0.5, 0.6) is 0 Å². The number of para-hydroxylation sites is 1. The zero-order valence-corrected chi connectivity index (χ0v) is 11.9. The molecule has 0 radical (unpaired) electrons. The van der Waals surface area contributed by atoms with Gasteiger partial charge in [0, 0.05) is 23.9 Å². The largest absolute Gasteiger partial charge is 0.336 e. The predicted molar refractivity (Wildman–Crippen MR) is 82.3 cm³/mol. The van der Waals surface area contributed by atoms with E-state index in [1.165, 1.54) is 6.07 Å². The minimum Gasteiger partial charge on any atom is -0.336 e. The lowest BCUT2D eigenvalue weighted by Crippen LogP contribution is -2.18. The third kappa shape index (κ3) is 2.91. The normalized spacial score (nSPS) is 10.2. The van der Waals surface area contributed by atoms with Gasteiger partial charge in [-0.15, -0.1) is 0 Å². The average molecular weight is 284 g/mol. The van der Waals surface area contributed by atoms with Gasteiger partial charge in [0.1, 0.15) is 12.0 Å². The summed E-state index contributed by atoms with van der Waals surface area (Å²) in [6, 6.07) is 12.2. The van der Waals surface area contributed by atoms with Gasteiger partial charge in [0.25, 0.3) is 5.69 Å². The highest BCUT2D eigenvalue weighted by Gasteiger charge is 2.21. The number of hydrogen-bond donors (Lipinski definition) is 0. The molecule has 0 aliphatic rings. The van der Waals surface area contributed by atoms with Gasteiger partial charge in [0.15, 0.2) is 0 Å². The first-order valence-corrected chi connectivity index (χ1v) is 6.65. The molecular weight excluding hydrogens is 268 g/mol. The SMILES string of the molecule is CCN(c1ccccc1C)c1ccc(C=O)cc1[N+](=O)[O-]. The molecule has 0 amide bonds. The lowest BCUT2D eigenvalue weighted by atomic mass is 10.1. The van der Waals surface area contributed by atoms with E-state index in [9.17, 15) is 14.9 Å². The quantitative estimate of drug-likeness (QED) is 0.475. The summed E-state index contributed by atoms with van der Waals surface area (Å²) in [5, 5.41) is 11.3. The van der Waals surface area contributed by atoms with Crippen LogP contribution in [-0.2, 0) is 0 Å². The minimum absolute atomic E-state index is 0.0651. The number of nitro groups is 1. The minimum atomic E-state index is -0.455.